The predicted molar refractivity (Wildman–Crippen MR) is 76.4 cm³/mol. The van der Waals surface area contributed by atoms with E-state index in [2.05, 4.69) is 11.4 Å². The summed E-state index contributed by atoms with van der Waals surface area (Å²) in [6.07, 6.45) is 0. The summed E-state index contributed by atoms with van der Waals surface area (Å²) in [5.41, 5.74) is 2.29. The molecule has 2 rings (SSSR count). The number of nitrogens with zero attached hydrogens (tertiary/aromatic N) is 1. The Kier molecular flexibility index (Phi) is 4.72. The Morgan fingerprint density at radius 3 is 2.75 bits per heavy atom. The highest BCUT2D eigenvalue weighted by Crippen LogP contribution is 2.26. The highest BCUT2D eigenvalue weighted by atomic mass is 16.5. The largest absolute Gasteiger partial charge is 0.456 e. The van der Waals surface area contributed by atoms with Crippen LogP contribution < -0.4 is 10.1 Å². The highest BCUT2D eigenvalue weighted by Gasteiger charge is 2.06. The summed E-state index contributed by atoms with van der Waals surface area (Å²) in [4.78, 5) is 0. The fourth-order valence-corrected chi connectivity index (χ4v) is 1.90. The van der Waals surface area contributed by atoms with Gasteiger partial charge in [-0.15, -0.1) is 0 Å². The lowest BCUT2D eigenvalue weighted by Crippen LogP contribution is -2.05. The lowest BCUT2D eigenvalue weighted by Gasteiger charge is -2.10. The lowest BCUT2D eigenvalue weighted by molar-refractivity contribution is 0.281. The molecule has 0 bridgehead atoms. The number of aliphatic hydroxyl groups excluding tert-OH is 1. The van der Waals surface area contributed by atoms with Gasteiger partial charge in [0.25, 0.3) is 0 Å². The van der Waals surface area contributed by atoms with Crippen molar-refractivity contribution in [1.82, 2.24) is 5.32 Å². The maximum atomic E-state index is 9.20. The maximum absolute atomic E-state index is 9.20. The first kappa shape index (κ1) is 14.1. The summed E-state index contributed by atoms with van der Waals surface area (Å²) in [6, 6.07) is 14.8. The molecular weight excluding hydrogens is 252 g/mol. The molecule has 0 aliphatic carbocycles. The van der Waals surface area contributed by atoms with Crippen molar-refractivity contribution in [2.75, 3.05) is 7.05 Å². The van der Waals surface area contributed by atoms with Crippen LogP contribution in [0.2, 0.25) is 0 Å². The molecule has 0 aliphatic heterocycles. The van der Waals surface area contributed by atoms with Crippen molar-refractivity contribution >= 4 is 0 Å². The molecule has 2 N–H and O–H groups in total. The summed E-state index contributed by atoms with van der Waals surface area (Å²) >= 11 is 0. The fraction of sp³-hybridized carbons (Fsp3) is 0.188. The molecule has 4 heteroatoms. The number of nitriles is 1. The van der Waals surface area contributed by atoms with Crippen LogP contribution in [0.25, 0.3) is 0 Å². The average Bonchev–Trinajstić information content (AvgIpc) is 2.49. The number of hydrogen-bond acceptors (Lipinski definition) is 4. The molecule has 0 atom stereocenters. The number of benzene rings is 2. The van der Waals surface area contributed by atoms with Crippen molar-refractivity contribution in [3.8, 4) is 17.6 Å². The summed E-state index contributed by atoms with van der Waals surface area (Å²) in [5, 5.41) is 21.4. The van der Waals surface area contributed by atoms with Crippen LogP contribution in [-0.2, 0) is 13.2 Å². The van der Waals surface area contributed by atoms with Crippen LogP contribution in [0.1, 0.15) is 16.7 Å². The summed E-state index contributed by atoms with van der Waals surface area (Å²) in [7, 11) is 1.86. The van der Waals surface area contributed by atoms with Crippen LogP contribution in [0.15, 0.2) is 42.5 Å². The van der Waals surface area contributed by atoms with Crippen LogP contribution in [0.4, 0.5) is 0 Å². The van der Waals surface area contributed by atoms with E-state index in [9.17, 15) is 5.26 Å². The SMILES string of the molecule is CNCc1ccc(Oc2cccc(CO)c2)c(C#N)c1. The molecule has 4 nitrogen and oxygen atoms in total. The van der Waals surface area contributed by atoms with Crippen molar-refractivity contribution in [2.45, 2.75) is 13.2 Å². The molecule has 2 aromatic rings. The zero-order chi connectivity index (χ0) is 14.4. The third kappa shape index (κ3) is 3.35. The van der Waals surface area contributed by atoms with Crippen LogP contribution in [0, 0.1) is 11.3 Å². The van der Waals surface area contributed by atoms with Crippen LogP contribution in [-0.4, -0.2) is 12.2 Å². The summed E-state index contributed by atoms with van der Waals surface area (Å²) < 4.78 is 5.72. The van der Waals surface area contributed by atoms with Crippen molar-refractivity contribution < 1.29 is 9.84 Å². The molecule has 0 saturated carbocycles. The van der Waals surface area contributed by atoms with Gasteiger partial charge in [-0.1, -0.05) is 18.2 Å². The smallest absolute Gasteiger partial charge is 0.145 e. The van der Waals surface area contributed by atoms with Crippen molar-refractivity contribution in [3.05, 3.63) is 59.2 Å². The Hall–Kier alpha value is -2.35. The molecule has 0 saturated heterocycles. The predicted octanol–water partition coefficient (Wildman–Crippen LogP) is 2.56. The number of ether oxygens (including phenoxy) is 1. The second-order valence-electron chi connectivity index (χ2n) is 4.38. The van der Waals surface area contributed by atoms with Gasteiger partial charge in [0.1, 0.15) is 17.6 Å². The van der Waals surface area contributed by atoms with Gasteiger partial charge < -0.3 is 15.2 Å². The van der Waals surface area contributed by atoms with Gasteiger partial charge in [-0.3, -0.25) is 0 Å². The first-order valence-electron chi connectivity index (χ1n) is 6.32. The summed E-state index contributed by atoms with van der Waals surface area (Å²) in [5.74, 6) is 1.12. The van der Waals surface area contributed by atoms with Crippen molar-refractivity contribution in [3.63, 3.8) is 0 Å². The molecule has 20 heavy (non-hydrogen) atoms. The number of nitrogens with one attached hydrogen (secondary N) is 1. The average molecular weight is 268 g/mol. The Morgan fingerprint density at radius 1 is 1.20 bits per heavy atom. The zero-order valence-corrected chi connectivity index (χ0v) is 11.3. The maximum Gasteiger partial charge on any atom is 0.145 e. The zero-order valence-electron chi connectivity index (χ0n) is 11.3. The standard InChI is InChI=1S/C16H16N2O2/c1-18-10-12-5-6-16(14(7-12)9-17)20-15-4-2-3-13(8-15)11-19/h2-8,18-19H,10-11H2,1H3. The minimum atomic E-state index is -0.0383. The second kappa shape index (κ2) is 6.71. The summed E-state index contributed by atoms with van der Waals surface area (Å²) in [6.45, 7) is 0.665. The molecule has 0 spiro atoms. The third-order valence-corrected chi connectivity index (χ3v) is 2.85. The van der Waals surface area contributed by atoms with Crippen molar-refractivity contribution in [1.29, 1.82) is 5.26 Å². The van der Waals surface area contributed by atoms with Gasteiger partial charge in [-0.2, -0.15) is 5.26 Å². The van der Waals surface area contributed by atoms with Gasteiger partial charge >= 0.3 is 0 Å². The Bertz CT molecular complexity index is 633. The molecule has 102 valence electrons. The molecule has 0 aromatic heterocycles. The van der Waals surface area contributed by atoms with E-state index >= 15 is 0 Å². The van der Waals surface area contributed by atoms with Crippen LogP contribution in [0.3, 0.4) is 0 Å². The van der Waals surface area contributed by atoms with Gasteiger partial charge in [0, 0.05) is 6.54 Å². The first-order chi connectivity index (χ1) is 9.76. The monoisotopic (exact) mass is 268 g/mol. The van der Waals surface area contributed by atoms with Crippen LogP contribution >= 0.6 is 0 Å². The topological polar surface area (TPSA) is 65.3 Å². The first-order valence-corrected chi connectivity index (χ1v) is 6.32. The Labute approximate surface area is 118 Å². The minimum absolute atomic E-state index is 0.0383. The molecule has 0 aliphatic rings. The van der Waals surface area contributed by atoms with Gasteiger partial charge in [0.15, 0.2) is 0 Å². The van der Waals surface area contributed by atoms with Crippen molar-refractivity contribution in [2.24, 2.45) is 0 Å². The molecule has 2 aromatic carbocycles. The van der Waals surface area contributed by atoms with E-state index in [1.165, 1.54) is 0 Å². The normalized spacial score (nSPS) is 10.1. The molecule has 0 fully saturated rings. The molecule has 0 radical (unpaired) electrons. The number of hydrogen-bond donors (Lipinski definition) is 2. The van der Waals surface area contributed by atoms with E-state index in [1.54, 1.807) is 18.2 Å². The van der Waals surface area contributed by atoms with E-state index in [0.29, 0.717) is 23.6 Å². The molecule has 0 unspecified atom stereocenters. The lowest BCUT2D eigenvalue weighted by atomic mass is 10.1. The number of rotatable bonds is 5. The quantitative estimate of drug-likeness (QED) is 0.874. The van der Waals surface area contributed by atoms with Crippen LogP contribution in [0.5, 0.6) is 11.5 Å². The van der Waals surface area contributed by atoms with Gasteiger partial charge in [0.2, 0.25) is 0 Å². The van der Waals surface area contributed by atoms with Gasteiger partial charge in [0.05, 0.1) is 12.2 Å². The van der Waals surface area contributed by atoms with E-state index in [-0.39, 0.29) is 6.61 Å². The van der Waals surface area contributed by atoms with Gasteiger partial charge in [-0.25, -0.2) is 0 Å². The Morgan fingerprint density at radius 2 is 2.05 bits per heavy atom. The Balaban J connectivity index is 2.26. The van der Waals surface area contributed by atoms with E-state index in [4.69, 9.17) is 9.84 Å². The number of aliphatic hydroxyl groups is 1. The third-order valence-electron chi connectivity index (χ3n) is 2.85. The highest BCUT2D eigenvalue weighted by molar-refractivity contribution is 5.47. The van der Waals surface area contributed by atoms with E-state index in [1.807, 2.05) is 31.3 Å². The van der Waals surface area contributed by atoms with E-state index < -0.39 is 0 Å². The molecular formula is C16H16N2O2. The van der Waals surface area contributed by atoms with Gasteiger partial charge in [-0.05, 0) is 42.4 Å². The minimum Gasteiger partial charge on any atom is -0.456 e. The fourth-order valence-electron chi connectivity index (χ4n) is 1.90. The van der Waals surface area contributed by atoms with E-state index in [0.717, 1.165) is 11.1 Å². The molecule has 0 amide bonds. The second-order valence-corrected chi connectivity index (χ2v) is 4.38. The molecule has 0 heterocycles.